The van der Waals surface area contributed by atoms with Gasteiger partial charge in [0.15, 0.2) is 0 Å². The van der Waals surface area contributed by atoms with E-state index in [1.54, 1.807) is 11.1 Å². The van der Waals surface area contributed by atoms with Crippen LogP contribution in [-0.4, -0.2) is 0 Å². The van der Waals surface area contributed by atoms with Crippen molar-refractivity contribution in [3.63, 3.8) is 0 Å². The average molecular weight is 346 g/mol. The summed E-state index contributed by atoms with van der Waals surface area (Å²) in [5.74, 6) is 1.46. The Morgan fingerprint density at radius 3 is 1.33 bits per heavy atom. The molecule has 2 aliphatic carbocycles. The first kappa shape index (κ1) is 15.2. The van der Waals surface area contributed by atoms with Crippen LogP contribution in [0.2, 0.25) is 0 Å². The van der Waals surface area contributed by atoms with Crippen molar-refractivity contribution in [2.45, 2.75) is 31.1 Å². The molecule has 2 atom stereocenters. The zero-order chi connectivity index (χ0) is 17.8. The van der Waals surface area contributed by atoms with Crippen LogP contribution in [0.4, 0.5) is 0 Å². The van der Waals surface area contributed by atoms with Crippen molar-refractivity contribution >= 4 is 10.8 Å². The molecule has 1 fully saturated rings. The van der Waals surface area contributed by atoms with E-state index in [9.17, 15) is 0 Å². The van der Waals surface area contributed by atoms with Crippen LogP contribution in [0, 0.1) is 0 Å². The molecule has 0 amide bonds. The highest BCUT2D eigenvalue weighted by atomic mass is 14.4. The van der Waals surface area contributed by atoms with Crippen LogP contribution >= 0.6 is 0 Å². The van der Waals surface area contributed by atoms with Gasteiger partial charge in [0.1, 0.15) is 0 Å². The summed E-state index contributed by atoms with van der Waals surface area (Å²) in [4.78, 5) is 0. The smallest absolute Gasteiger partial charge is 0.00672 e. The molecule has 0 nitrogen and oxygen atoms in total. The lowest BCUT2D eigenvalue weighted by Crippen LogP contribution is -2.04. The number of rotatable bonds is 2. The Morgan fingerprint density at radius 1 is 0.481 bits per heavy atom. The van der Waals surface area contributed by atoms with Crippen molar-refractivity contribution < 1.29 is 0 Å². The molecule has 4 aromatic rings. The van der Waals surface area contributed by atoms with Crippen LogP contribution in [0.1, 0.15) is 42.2 Å². The van der Waals surface area contributed by atoms with Gasteiger partial charge in [-0.1, -0.05) is 84.9 Å². The summed E-state index contributed by atoms with van der Waals surface area (Å²) < 4.78 is 0. The molecule has 4 aromatic carbocycles. The van der Waals surface area contributed by atoms with Crippen LogP contribution in [-0.2, 0) is 0 Å². The molecular formula is C27H22. The standard InChI is InChI=1S/C27H22/c1-3-9-18(10-4-1)24-22-13-7-8-14-23(22)25(19-11-5-2-6-12-19)27-21-16-15-20(17-21)26(24)27/h1-14,20-21H,15-17H2/t20-,21-/m1/s1. The van der Waals surface area contributed by atoms with E-state index in [-0.39, 0.29) is 0 Å². The van der Waals surface area contributed by atoms with Crippen molar-refractivity contribution in [2.75, 3.05) is 0 Å². The van der Waals surface area contributed by atoms with Crippen LogP contribution in [0.5, 0.6) is 0 Å². The second-order valence-electron chi connectivity index (χ2n) is 8.06. The largest absolute Gasteiger partial charge is 0.0622 e. The molecule has 0 aliphatic heterocycles. The number of fused-ring (bicyclic) bond motifs is 6. The van der Waals surface area contributed by atoms with Gasteiger partial charge in [0.2, 0.25) is 0 Å². The van der Waals surface area contributed by atoms with Gasteiger partial charge in [-0.05, 0) is 75.3 Å². The van der Waals surface area contributed by atoms with Crippen molar-refractivity contribution in [3.8, 4) is 22.3 Å². The number of hydrogen-bond acceptors (Lipinski definition) is 0. The summed E-state index contributed by atoms with van der Waals surface area (Å²) >= 11 is 0. The van der Waals surface area contributed by atoms with Gasteiger partial charge in [0.05, 0.1) is 0 Å². The predicted octanol–water partition coefficient (Wildman–Crippen LogP) is 7.54. The lowest BCUT2D eigenvalue weighted by molar-refractivity contribution is 0.721. The van der Waals surface area contributed by atoms with E-state index in [2.05, 4.69) is 84.9 Å². The molecule has 2 bridgehead atoms. The van der Waals surface area contributed by atoms with Crippen LogP contribution < -0.4 is 0 Å². The molecule has 27 heavy (non-hydrogen) atoms. The second kappa shape index (κ2) is 5.82. The highest BCUT2D eigenvalue weighted by Crippen LogP contribution is 2.60. The monoisotopic (exact) mass is 346 g/mol. The second-order valence-corrected chi connectivity index (χ2v) is 8.06. The minimum Gasteiger partial charge on any atom is -0.0622 e. The van der Waals surface area contributed by atoms with E-state index >= 15 is 0 Å². The quantitative estimate of drug-likeness (QED) is 0.352. The molecule has 0 heterocycles. The van der Waals surface area contributed by atoms with Gasteiger partial charge in [-0.15, -0.1) is 0 Å². The van der Waals surface area contributed by atoms with Crippen molar-refractivity contribution in [1.82, 2.24) is 0 Å². The van der Waals surface area contributed by atoms with Crippen LogP contribution in [0.3, 0.4) is 0 Å². The highest BCUT2D eigenvalue weighted by Gasteiger charge is 2.41. The van der Waals surface area contributed by atoms with E-state index in [1.807, 2.05) is 0 Å². The summed E-state index contributed by atoms with van der Waals surface area (Å²) in [7, 11) is 0. The maximum absolute atomic E-state index is 2.33. The zero-order valence-corrected chi connectivity index (χ0v) is 15.4. The first-order chi connectivity index (χ1) is 13.4. The molecule has 1 saturated carbocycles. The van der Waals surface area contributed by atoms with Crippen molar-refractivity contribution in [2.24, 2.45) is 0 Å². The number of benzene rings is 4. The molecule has 0 saturated heterocycles. The summed E-state index contributed by atoms with van der Waals surface area (Å²) in [6, 6.07) is 31.2. The minimum absolute atomic E-state index is 0.729. The van der Waals surface area contributed by atoms with Gasteiger partial charge in [0.25, 0.3) is 0 Å². The fourth-order valence-corrected chi connectivity index (χ4v) is 5.66. The Bertz CT molecular complexity index is 1050. The molecule has 0 radical (unpaired) electrons. The Kier molecular flexibility index (Phi) is 3.28. The normalized spacial score (nSPS) is 20.1. The van der Waals surface area contributed by atoms with Gasteiger partial charge in [-0.25, -0.2) is 0 Å². The average Bonchev–Trinajstić information content (AvgIpc) is 3.36. The maximum Gasteiger partial charge on any atom is -0.00672 e. The molecule has 2 aliphatic rings. The topological polar surface area (TPSA) is 0 Å². The highest BCUT2D eigenvalue weighted by molar-refractivity contribution is 6.08. The molecule has 0 heteroatoms. The zero-order valence-electron chi connectivity index (χ0n) is 15.4. The van der Waals surface area contributed by atoms with Crippen LogP contribution in [0.15, 0.2) is 84.9 Å². The van der Waals surface area contributed by atoms with Crippen molar-refractivity contribution in [3.05, 3.63) is 96.1 Å². The summed E-state index contributed by atoms with van der Waals surface area (Å²) in [6.45, 7) is 0. The Labute approximate surface area is 160 Å². The molecular weight excluding hydrogens is 324 g/mol. The van der Waals surface area contributed by atoms with E-state index in [0.29, 0.717) is 0 Å². The minimum atomic E-state index is 0.729. The number of hydrogen-bond donors (Lipinski definition) is 0. The first-order valence-corrected chi connectivity index (χ1v) is 10.1. The molecule has 0 aromatic heterocycles. The van der Waals surface area contributed by atoms with Crippen molar-refractivity contribution in [1.29, 1.82) is 0 Å². The SMILES string of the molecule is c1ccc(-c2c3c(c(-c4ccccc4)c4ccccc24)[C@@H]2CC[C@@H]3C2)cc1. The molecule has 130 valence electrons. The third-order valence-corrected chi connectivity index (χ3v) is 6.67. The Balaban J connectivity index is 1.80. The first-order valence-electron chi connectivity index (χ1n) is 10.1. The lowest BCUT2D eigenvalue weighted by Gasteiger charge is -2.26. The summed E-state index contributed by atoms with van der Waals surface area (Å²) in [5.41, 5.74) is 9.03. The fraction of sp³-hybridized carbons (Fsp3) is 0.185. The maximum atomic E-state index is 2.33. The molecule has 0 unspecified atom stereocenters. The third-order valence-electron chi connectivity index (χ3n) is 6.67. The van der Waals surface area contributed by atoms with Gasteiger partial charge in [0, 0.05) is 0 Å². The van der Waals surface area contributed by atoms with Gasteiger partial charge in [-0.2, -0.15) is 0 Å². The Hall–Kier alpha value is -2.86. The molecule has 0 N–H and O–H groups in total. The summed E-state index contributed by atoms with van der Waals surface area (Å²) in [6.07, 6.45) is 4.04. The van der Waals surface area contributed by atoms with Gasteiger partial charge < -0.3 is 0 Å². The summed E-state index contributed by atoms with van der Waals surface area (Å²) in [5, 5.41) is 2.82. The van der Waals surface area contributed by atoms with E-state index in [1.165, 1.54) is 52.3 Å². The Morgan fingerprint density at radius 2 is 0.889 bits per heavy atom. The third kappa shape index (κ3) is 2.16. The lowest BCUT2D eigenvalue weighted by atomic mass is 9.78. The van der Waals surface area contributed by atoms with E-state index in [4.69, 9.17) is 0 Å². The van der Waals surface area contributed by atoms with Gasteiger partial charge >= 0.3 is 0 Å². The predicted molar refractivity (Wildman–Crippen MR) is 114 cm³/mol. The van der Waals surface area contributed by atoms with Gasteiger partial charge in [-0.3, -0.25) is 0 Å². The molecule has 0 spiro atoms. The van der Waals surface area contributed by atoms with E-state index < -0.39 is 0 Å². The van der Waals surface area contributed by atoms with E-state index in [0.717, 1.165) is 11.8 Å². The molecule has 6 rings (SSSR count). The van der Waals surface area contributed by atoms with Crippen LogP contribution in [0.25, 0.3) is 33.0 Å². The fourth-order valence-electron chi connectivity index (χ4n) is 5.66.